The van der Waals surface area contributed by atoms with Gasteiger partial charge in [0.1, 0.15) is 0 Å². The lowest BCUT2D eigenvalue weighted by Gasteiger charge is -2.22. The molecule has 0 aliphatic heterocycles. The lowest BCUT2D eigenvalue weighted by atomic mass is 9.98. The third kappa shape index (κ3) is 2.18. The van der Waals surface area contributed by atoms with Crippen LogP contribution >= 0.6 is 11.6 Å². The number of carbonyl (C=O) groups is 1. The summed E-state index contributed by atoms with van der Waals surface area (Å²) in [5.41, 5.74) is 5.81. The Hall–Kier alpha value is -1.13. The standard InChI is InChI=1S/C11H14ClN3O/c12-9-8(4-3-7-14-9)15-10(16)11(13)5-1-2-6-11/h3-4,7H,1-2,5-6,13H2,(H,15,16). The third-order valence-electron chi connectivity index (χ3n) is 2.96. The van der Waals surface area contributed by atoms with Crippen LogP contribution in [0.1, 0.15) is 25.7 Å². The van der Waals surface area contributed by atoms with Crippen LogP contribution in [0.2, 0.25) is 5.15 Å². The van der Waals surface area contributed by atoms with Gasteiger partial charge in [0.2, 0.25) is 5.91 Å². The molecule has 1 saturated carbocycles. The molecule has 5 heteroatoms. The molecule has 2 rings (SSSR count). The number of nitrogens with zero attached hydrogens (tertiary/aromatic N) is 1. The van der Waals surface area contributed by atoms with Crippen molar-refractivity contribution in [2.75, 3.05) is 5.32 Å². The van der Waals surface area contributed by atoms with Gasteiger partial charge in [-0.25, -0.2) is 4.98 Å². The molecular weight excluding hydrogens is 226 g/mol. The summed E-state index contributed by atoms with van der Waals surface area (Å²) in [6.45, 7) is 0. The van der Waals surface area contributed by atoms with Crippen LogP contribution in [0.3, 0.4) is 0 Å². The number of nitrogens with one attached hydrogen (secondary N) is 1. The van der Waals surface area contributed by atoms with E-state index in [9.17, 15) is 4.79 Å². The number of pyridine rings is 1. The first-order valence-electron chi connectivity index (χ1n) is 5.33. The van der Waals surface area contributed by atoms with Gasteiger partial charge in [0.05, 0.1) is 11.2 Å². The van der Waals surface area contributed by atoms with E-state index in [1.165, 1.54) is 0 Å². The highest BCUT2D eigenvalue weighted by molar-refractivity contribution is 6.32. The average molecular weight is 240 g/mol. The monoisotopic (exact) mass is 239 g/mol. The van der Waals surface area contributed by atoms with Crippen LogP contribution in [0.15, 0.2) is 18.3 Å². The summed E-state index contributed by atoms with van der Waals surface area (Å²) in [6.07, 6.45) is 5.05. The van der Waals surface area contributed by atoms with Gasteiger partial charge in [0, 0.05) is 6.20 Å². The highest BCUT2D eigenvalue weighted by Gasteiger charge is 2.37. The lowest BCUT2D eigenvalue weighted by Crippen LogP contribution is -2.48. The van der Waals surface area contributed by atoms with Gasteiger partial charge in [-0.2, -0.15) is 0 Å². The molecule has 86 valence electrons. The maximum atomic E-state index is 12.0. The second-order valence-electron chi connectivity index (χ2n) is 4.16. The number of hydrogen-bond acceptors (Lipinski definition) is 3. The van der Waals surface area contributed by atoms with Gasteiger partial charge < -0.3 is 11.1 Å². The van der Waals surface area contributed by atoms with Crippen LogP contribution in [0.4, 0.5) is 5.69 Å². The molecule has 1 aliphatic rings. The van der Waals surface area contributed by atoms with Gasteiger partial charge in [-0.15, -0.1) is 0 Å². The van der Waals surface area contributed by atoms with Crippen molar-refractivity contribution in [3.8, 4) is 0 Å². The normalized spacial score (nSPS) is 18.4. The van der Waals surface area contributed by atoms with Gasteiger partial charge in [-0.3, -0.25) is 4.79 Å². The minimum Gasteiger partial charge on any atom is -0.322 e. The number of hydrogen-bond donors (Lipinski definition) is 2. The fourth-order valence-electron chi connectivity index (χ4n) is 1.96. The maximum Gasteiger partial charge on any atom is 0.244 e. The number of nitrogens with two attached hydrogens (primary N) is 1. The van der Waals surface area contributed by atoms with Crippen LogP contribution < -0.4 is 11.1 Å². The Morgan fingerprint density at radius 1 is 1.50 bits per heavy atom. The molecule has 1 amide bonds. The Labute approximate surface area is 99.2 Å². The molecular formula is C11H14ClN3O. The van der Waals surface area contributed by atoms with Crippen molar-refractivity contribution in [2.24, 2.45) is 5.73 Å². The fourth-order valence-corrected chi connectivity index (χ4v) is 2.13. The lowest BCUT2D eigenvalue weighted by molar-refractivity contribution is -0.121. The van der Waals surface area contributed by atoms with Gasteiger partial charge in [0.15, 0.2) is 5.15 Å². The van der Waals surface area contributed by atoms with Gasteiger partial charge in [-0.05, 0) is 25.0 Å². The van der Waals surface area contributed by atoms with Crippen molar-refractivity contribution < 1.29 is 4.79 Å². The fraction of sp³-hybridized carbons (Fsp3) is 0.455. The largest absolute Gasteiger partial charge is 0.322 e. The van der Waals surface area contributed by atoms with E-state index in [0.717, 1.165) is 25.7 Å². The van der Waals surface area contributed by atoms with Crippen LogP contribution in [-0.2, 0) is 4.79 Å². The van der Waals surface area contributed by atoms with Crippen molar-refractivity contribution >= 4 is 23.2 Å². The highest BCUT2D eigenvalue weighted by atomic mass is 35.5. The second-order valence-corrected chi connectivity index (χ2v) is 4.52. The van der Waals surface area contributed by atoms with Crippen LogP contribution in [0.25, 0.3) is 0 Å². The third-order valence-corrected chi connectivity index (χ3v) is 3.26. The molecule has 0 radical (unpaired) electrons. The average Bonchev–Trinajstić information content (AvgIpc) is 2.70. The van der Waals surface area contributed by atoms with E-state index in [1.807, 2.05) is 0 Å². The minimum absolute atomic E-state index is 0.167. The van der Waals surface area contributed by atoms with E-state index in [4.69, 9.17) is 17.3 Å². The van der Waals surface area contributed by atoms with Crippen molar-refractivity contribution in [1.82, 2.24) is 4.98 Å². The Balaban J connectivity index is 2.10. The summed E-state index contributed by atoms with van der Waals surface area (Å²) in [4.78, 5) is 15.9. The summed E-state index contributed by atoms with van der Waals surface area (Å²) < 4.78 is 0. The van der Waals surface area contributed by atoms with Gasteiger partial charge >= 0.3 is 0 Å². The quantitative estimate of drug-likeness (QED) is 0.775. The van der Waals surface area contributed by atoms with Crippen molar-refractivity contribution in [1.29, 1.82) is 0 Å². The molecule has 3 N–H and O–H groups in total. The zero-order valence-electron chi connectivity index (χ0n) is 8.87. The predicted molar refractivity (Wildman–Crippen MR) is 63.3 cm³/mol. The molecule has 0 unspecified atom stereocenters. The Morgan fingerprint density at radius 2 is 2.19 bits per heavy atom. The summed E-state index contributed by atoms with van der Waals surface area (Å²) in [5.74, 6) is -0.167. The molecule has 1 aliphatic carbocycles. The highest BCUT2D eigenvalue weighted by Crippen LogP contribution is 2.29. The summed E-state index contributed by atoms with van der Waals surface area (Å²) in [7, 11) is 0. The first kappa shape index (κ1) is 11.4. The minimum atomic E-state index is -0.737. The topological polar surface area (TPSA) is 68.0 Å². The molecule has 16 heavy (non-hydrogen) atoms. The number of carbonyl (C=O) groups excluding carboxylic acids is 1. The Morgan fingerprint density at radius 3 is 2.81 bits per heavy atom. The first-order chi connectivity index (χ1) is 7.62. The number of aromatic nitrogens is 1. The van der Waals surface area contributed by atoms with E-state index in [1.54, 1.807) is 18.3 Å². The summed E-state index contributed by atoms with van der Waals surface area (Å²) in [5, 5.41) is 3.02. The van der Waals surface area contributed by atoms with Crippen LogP contribution in [0.5, 0.6) is 0 Å². The summed E-state index contributed by atoms with van der Waals surface area (Å²) in [6, 6.07) is 3.44. The smallest absolute Gasteiger partial charge is 0.244 e. The molecule has 0 bridgehead atoms. The molecule has 4 nitrogen and oxygen atoms in total. The van der Waals surface area contributed by atoms with Crippen LogP contribution in [-0.4, -0.2) is 16.4 Å². The predicted octanol–water partition coefficient (Wildman–Crippen LogP) is 1.94. The van der Waals surface area contributed by atoms with Crippen molar-refractivity contribution in [3.63, 3.8) is 0 Å². The molecule has 0 atom stereocenters. The van der Waals surface area contributed by atoms with Crippen LogP contribution in [0, 0.1) is 0 Å². The molecule has 1 fully saturated rings. The molecule has 0 aromatic carbocycles. The SMILES string of the molecule is NC1(C(=O)Nc2cccnc2Cl)CCCC1. The van der Waals surface area contributed by atoms with E-state index in [0.29, 0.717) is 5.69 Å². The summed E-state index contributed by atoms with van der Waals surface area (Å²) >= 11 is 5.85. The van der Waals surface area contributed by atoms with E-state index < -0.39 is 5.54 Å². The number of halogens is 1. The van der Waals surface area contributed by atoms with Gasteiger partial charge in [-0.1, -0.05) is 24.4 Å². The molecule has 1 heterocycles. The Kier molecular flexibility index (Phi) is 3.12. The maximum absolute atomic E-state index is 12.0. The molecule has 0 spiro atoms. The molecule has 0 saturated heterocycles. The Bertz CT molecular complexity index is 402. The number of rotatable bonds is 2. The number of anilines is 1. The molecule has 1 aromatic heterocycles. The van der Waals surface area contributed by atoms with Crippen molar-refractivity contribution in [2.45, 2.75) is 31.2 Å². The van der Waals surface area contributed by atoms with E-state index in [-0.39, 0.29) is 11.1 Å². The van der Waals surface area contributed by atoms with E-state index in [2.05, 4.69) is 10.3 Å². The van der Waals surface area contributed by atoms with Crippen molar-refractivity contribution in [3.05, 3.63) is 23.5 Å². The zero-order valence-corrected chi connectivity index (χ0v) is 9.63. The second kappa shape index (κ2) is 4.39. The first-order valence-corrected chi connectivity index (χ1v) is 5.70. The number of amides is 1. The van der Waals surface area contributed by atoms with Gasteiger partial charge in [0.25, 0.3) is 0 Å². The van der Waals surface area contributed by atoms with E-state index >= 15 is 0 Å². The zero-order chi connectivity index (χ0) is 11.6. The molecule has 1 aromatic rings.